The summed E-state index contributed by atoms with van der Waals surface area (Å²) in [6.07, 6.45) is 2.85. The summed E-state index contributed by atoms with van der Waals surface area (Å²) in [5.41, 5.74) is 6.62. The maximum absolute atomic E-state index is 12.4. The van der Waals surface area contributed by atoms with Gasteiger partial charge in [-0.1, -0.05) is 19.1 Å². The van der Waals surface area contributed by atoms with E-state index in [4.69, 9.17) is 5.73 Å². The Kier molecular flexibility index (Phi) is 5.05. The van der Waals surface area contributed by atoms with Gasteiger partial charge in [-0.3, -0.25) is 0 Å². The summed E-state index contributed by atoms with van der Waals surface area (Å²) < 4.78 is 24.8. The van der Waals surface area contributed by atoms with Gasteiger partial charge < -0.3 is 10.6 Å². The zero-order valence-electron chi connectivity index (χ0n) is 12.1. The van der Waals surface area contributed by atoms with Crippen molar-refractivity contribution in [1.29, 1.82) is 0 Å². The quantitative estimate of drug-likeness (QED) is 0.903. The SMILES string of the molecule is CCCS(=O)(=O)c1ccccc1N1CCCC(CN)C1. The number of hydrogen-bond acceptors (Lipinski definition) is 4. The van der Waals surface area contributed by atoms with Crippen LogP contribution in [-0.4, -0.2) is 33.8 Å². The highest BCUT2D eigenvalue weighted by Crippen LogP contribution is 2.29. The minimum absolute atomic E-state index is 0.207. The lowest BCUT2D eigenvalue weighted by Gasteiger charge is -2.35. The first-order valence-corrected chi connectivity index (χ1v) is 9.00. The van der Waals surface area contributed by atoms with Gasteiger partial charge >= 0.3 is 0 Å². The van der Waals surface area contributed by atoms with Crippen molar-refractivity contribution in [1.82, 2.24) is 0 Å². The summed E-state index contributed by atoms with van der Waals surface area (Å²) in [6, 6.07) is 7.36. The molecule has 1 aliphatic rings. The molecule has 2 N–H and O–H groups in total. The van der Waals surface area contributed by atoms with Crippen LogP contribution in [-0.2, 0) is 9.84 Å². The van der Waals surface area contributed by atoms with Crippen LogP contribution in [0.25, 0.3) is 0 Å². The van der Waals surface area contributed by atoms with E-state index in [0.29, 0.717) is 23.8 Å². The normalized spacial score (nSPS) is 20.1. The van der Waals surface area contributed by atoms with Crippen molar-refractivity contribution in [3.63, 3.8) is 0 Å². The highest BCUT2D eigenvalue weighted by atomic mass is 32.2. The topological polar surface area (TPSA) is 63.4 Å². The van der Waals surface area contributed by atoms with Crippen LogP contribution in [0.3, 0.4) is 0 Å². The number of hydrogen-bond donors (Lipinski definition) is 1. The number of piperidine rings is 1. The summed E-state index contributed by atoms with van der Waals surface area (Å²) in [7, 11) is -3.19. The second-order valence-corrected chi connectivity index (χ2v) is 7.55. The average Bonchev–Trinajstić information content (AvgIpc) is 2.47. The zero-order valence-corrected chi connectivity index (χ0v) is 12.9. The number of benzene rings is 1. The van der Waals surface area contributed by atoms with Gasteiger partial charge in [0, 0.05) is 13.1 Å². The predicted octanol–water partition coefficient (Wildman–Crippen LogP) is 2.05. The van der Waals surface area contributed by atoms with E-state index in [1.807, 2.05) is 19.1 Å². The van der Waals surface area contributed by atoms with Crippen LogP contribution in [0.5, 0.6) is 0 Å². The fourth-order valence-corrected chi connectivity index (χ4v) is 4.40. The minimum Gasteiger partial charge on any atom is -0.370 e. The largest absolute Gasteiger partial charge is 0.370 e. The first kappa shape index (κ1) is 15.3. The molecule has 5 heteroatoms. The van der Waals surface area contributed by atoms with E-state index in [2.05, 4.69) is 4.90 Å². The van der Waals surface area contributed by atoms with Gasteiger partial charge in [0.15, 0.2) is 9.84 Å². The van der Waals surface area contributed by atoms with Crippen LogP contribution in [0, 0.1) is 5.92 Å². The van der Waals surface area contributed by atoms with E-state index in [9.17, 15) is 8.42 Å². The maximum atomic E-state index is 12.4. The van der Waals surface area contributed by atoms with Gasteiger partial charge in [-0.25, -0.2) is 8.42 Å². The molecule has 1 aromatic rings. The van der Waals surface area contributed by atoms with Crippen molar-refractivity contribution in [2.24, 2.45) is 11.7 Å². The molecular formula is C15H24N2O2S. The Morgan fingerprint density at radius 2 is 2.10 bits per heavy atom. The molecule has 0 spiro atoms. The summed E-state index contributed by atoms with van der Waals surface area (Å²) in [5.74, 6) is 0.670. The third kappa shape index (κ3) is 3.33. The summed E-state index contributed by atoms with van der Waals surface area (Å²) in [4.78, 5) is 2.66. The Hall–Kier alpha value is -1.07. The highest BCUT2D eigenvalue weighted by Gasteiger charge is 2.24. The van der Waals surface area contributed by atoms with Crippen LogP contribution in [0.4, 0.5) is 5.69 Å². The van der Waals surface area contributed by atoms with Crippen molar-refractivity contribution >= 4 is 15.5 Å². The number of sulfone groups is 1. The molecule has 1 heterocycles. The lowest BCUT2D eigenvalue weighted by molar-refractivity contribution is 0.422. The molecule has 0 aliphatic carbocycles. The fraction of sp³-hybridized carbons (Fsp3) is 0.600. The highest BCUT2D eigenvalue weighted by molar-refractivity contribution is 7.91. The monoisotopic (exact) mass is 296 g/mol. The van der Waals surface area contributed by atoms with E-state index >= 15 is 0 Å². The molecule has 0 amide bonds. The number of para-hydroxylation sites is 1. The van der Waals surface area contributed by atoms with Gasteiger partial charge in [0.05, 0.1) is 16.3 Å². The van der Waals surface area contributed by atoms with Crippen molar-refractivity contribution in [2.45, 2.75) is 31.1 Å². The second kappa shape index (κ2) is 6.59. The Morgan fingerprint density at radius 1 is 1.35 bits per heavy atom. The van der Waals surface area contributed by atoms with Crippen molar-refractivity contribution < 1.29 is 8.42 Å². The molecule has 0 aromatic heterocycles. The zero-order chi connectivity index (χ0) is 14.6. The number of nitrogens with two attached hydrogens (primary N) is 1. The van der Waals surface area contributed by atoms with Gasteiger partial charge in [-0.05, 0) is 43.9 Å². The van der Waals surface area contributed by atoms with E-state index in [-0.39, 0.29) is 5.75 Å². The van der Waals surface area contributed by atoms with Gasteiger partial charge in [-0.2, -0.15) is 0 Å². The van der Waals surface area contributed by atoms with E-state index < -0.39 is 9.84 Å². The van der Waals surface area contributed by atoms with Gasteiger partial charge in [0.1, 0.15) is 0 Å². The number of nitrogens with zero attached hydrogens (tertiary/aromatic N) is 1. The van der Waals surface area contributed by atoms with Crippen molar-refractivity contribution in [3.8, 4) is 0 Å². The minimum atomic E-state index is -3.19. The van der Waals surface area contributed by atoms with Gasteiger partial charge in [0.2, 0.25) is 0 Å². The standard InChI is InChI=1S/C15H24N2O2S/c1-2-10-20(18,19)15-8-4-3-7-14(15)17-9-5-6-13(11-16)12-17/h3-4,7-8,13H,2,5-6,9-12,16H2,1H3. The molecule has 0 bridgehead atoms. The molecule has 0 saturated carbocycles. The van der Waals surface area contributed by atoms with Crippen LogP contribution in [0.15, 0.2) is 29.2 Å². The molecule has 0 radical (unpaired) electrons. The molecule has 1 aliphatic heterocycles. The smallest absolute Gasteiger partial charge is 0.180 e. The van der Waals surface area contributed by atoms with Crippen LogP contribution >= 0.6 is 0 Å². The van der Waals surface area contributed by atoms with Gasteiger partial charge in [-0.15, -0.1) is 0 Å². The summed E-state index contributed by atoms with van der Waals surface area (Å²) in [6.45, 7) is 4.33. The summed E-state index contributed by atoms with van der Waals surface area (Å²) in [5, 5.41) is 0. The van der Waals surface area contributed by atoms with Crippen LogP contribution < -0.4 is 10.6 Å². The van der Waals surface area contributed by atoms with Crippen LogP contribution in [0.1, 0.15) is 26.2 Å². The molecule has 1 unspecified atom stereocenters. The molecule has 1 aromatic carbocycles. The number of rotatable bonds is 5. The maximum Gasteiger partial charge on any atom is 0.180 e. The second-order valence-electron chi connectivity index (χ2n) is 5.48. The van der Waals surface area contributed by atoms with E-state index in [0.717, 1.165) is 31.6 Å². The molecule has 20 heavy (non-hydrogen) atoms. The third-order valence-electron chi connectivity index (χ3n) is 3.87. The lowest BCUT2D eigenvalue weighted by Crippen LogP contribution is -2.39. The van der Waals surface area contributed by atoms with Crippen molar-refractivity contribution in [3.05, 3.63) is 24.3 Å². The Balaban J connectivity index is 2.33. The molecule has 1 fully saturated rings. The first-order chi connectivity index (χ1) is 9.58. The Bertz CT molecular complexity index is 543. The van der Waals surface area contributed by atoms with Crippen molar-refractivity contribution in [2.75, 3.05) is 30.3 Å². The van der Waals surface area contributed by atoms with E-state index in [1.54, 1.807) is 12.1 Å². The van der Waals surface area contributed by atoms with E-state index in [1.165, 1.54) is 0 Å². The lowest BCUT2D eigenvalue weighted by atomic mass is 9.98. The molecule has 4 nitrogen and oxygen atoms in total. The van der Waals surface area contributed by atoms with Gasteiger partial charge in [0.25, 0.3) is 0 Å². The Labute approximate surface area is 121 Å². The molecule has 112 valence electrons. The summed E-state index contributed by atoms with van der Waals surface area (Å²) >= 11 is 0. The fourth-order valence-electron chi connectivity index (χ4n) is 2.84. The molecule has 1 saturated heterocycles. The molecule has 1 atom stereocenters. The van der Waals surface area contributed by atoms with Crippen LogP contribution in [0.2, 0.25) is 0 Å². The third-order valence-corrected chi connectivity index (χ3v) is 5.83. The Morgan fingerprint density at radius 3 is 2.80 bits per heavy atom. The predicted molar refractivity (Wildman–Crippen MR) is 82.8 cm³/mol. The average molecular weight is 296 g/mol. The molecule has 2 rings (SSSR count). The number of anilines is 1. The molecular weight excluding hydrogens is 272 g/mol. The first-order valence-electron chi connectivity index (χ1n) is 7.35.